The van der Waals surface area contributed by atoms with Crippen LogP contribution in [0.5, 0.6) is 5.75 Å². The van der Waals surface area contributed by atoms with Crippen molar-refractivity contribution in [2.45, 2.75) is 59.4 Å². The number of esters is 1. The molecule has 0 aliphatic heterocycles. The molecule has 1 aromatic carbocycles. The summed E-state index contributed by atoms with van der Waals surface area (Å²) in [4.78, 5) is 26.7. The fraction of sp³-hybridized carbons (Fsp3) is 0.500. The molecule has 150 valence electrons. The summed E-state index contributed by atoms with van der Waals surface area (Å²) in [7, 11) is 1.51. The Bertz CT molecular complexity index is 710. The third-order valence-electron chi connectivity index (χ3n) is 2.99. The minimum Gasteiger partial charge on any atom is -0.456 e. The predicted molar refractivity (Wildman–Crippen MR) is 107 cm³/mol. The SMILES string of the molecule is COCc1ccc(/C=C\Br)c(OC(=O)OC(C)(C)C)c1C(=O)OC(C)(C)C. The van der Waals surface area contributed by atoms with Gasteiger partial charge in [-0.15, -0.1) is 0 Å². The molecule has 6 nitrogen and oxygen atoms in total. The van der Waals surface area contributed by atoms with Crippen molar-refractivity contribution in [1.29, 1.82) is 0 Å². The van der Waals surface area contributed by atoms with Crippen molar-refractivity contribution in [3.63, 3.8) is 0 Å². The molecule has 0 aliphatic carbocycles. The number of hydrogen-bond acceptors (Lipinski definition) is 6. The first-order valence-electron chi connectivity index (χ1n) is 8.43. The lowest BCUT2D eigenvalue weighted by atomic mass is 10.0. The van der Waals surface area contributed by atoms with E-state index in [0.717, 1.165) is 0 Å². The number of hydrogen-bond donors (Lipinski definition) is 0. The van der Waals surface area contributed by atoms with Crippen LogP contribution in [0, 0.1) is 0 Å². The highest BCUT2D eigenvalue weighted by Gasteiger charge is 2.28. The van der Waals surface area contributed by atoms with E-state index >= 15 is 0 Å². The minimum absolute atomic E-state index is 0.0590. The van der Waals surface area contributed by atoms with Crippen LogP contribution in [0.15, 0.2) is 17.1 Å². The summed E-state index contributed by atoms with van der Waals surface area (Å²) in [5.41, 5.74) is -0.277. The summed E-state index contributed by atoms with van der Waals surface area (Å²) in [6, 6.07) is 3.45. The van der Waals surface area contributed by atoms with Crippen molar-refractivity contribution in [2.75, 3.05) is 7.11 Å². The standard InChI is InChI=1S/C20H27BrO6/c1-19(2,3)26-17(22)15-14(12-24-7)9-8-13(10-11-21)16(15)25-18(23)27-20(4,5)6/h8-11H,12H2,1-7H3/b11-10-. The molecule has 0 saturated heterocycles. The van der Waals surface area contributed by atoms with E-state index in [1.165, 1.54) is 7.11 Å². The number of carbonyl (C=O) groups excluding carboxylic acids is 2. The number of rotatable bonds is 5. The number of ether oxygens (including phenoxy) is 4. The first-order chi connectivity index (χ1) is 12.4. The van der Waals surface area contributed by atoms with Crippen molar-refractivity contribution in [3.8, 4) is 5.75 Å². The number of methoxy groups -OCH3 is 1. The fourth-order valence-corrected chi connectivity index (χ4v) is 2.42. The zero-order valence-corrected chi connectivity index (χ0v) is 18.4. The van der Waals surface area contributed by atoms with Crippen LogP contribution in [0.25, 0.3) is 6.08 Å². The lowest BCUT2D eigenvalue weighted by Gasteiger charge is -2.23. The third-order valence-corrected chi connectivity index (χ3v) is 3.26. The smallest absolute Gasteiger partial charge is 0.456 e. The van der Waals surface area contributed by atoms with Gasteiger partial charge < -0.3 is 18.9 Å². The van der Waals surface area contributed by atoms with Gasteiger partial charge in [-0.1, -0.05) is 28.1 Å². The van der Waals surface area contributed by atoms with Gasteiger partial charge in [-0.25, -0.2) is 9.59 Å². The zero-order valence-electron chi connectivity index (χ0n) is 16.8. The Morgan fingerprint density at radius 2 is 1.63 bits per heavy atom. The van der Waals surface area contributed by atoms with Gasteiger partial charge in [-0.2, -0.15) is 0 Å². The molecule has 1 rings (SSSR count). The van der Waals surface area contributed by atoms with Crippen molar-refractivity contribution in [2.24, 2.45) is 0 Å². The molecule has 0 atom stereocenters. The highest BCUT2D eigenvalue weighted by molar-refractivity contribution is 9.11. The molecule has 0 radical (unpaired) electrons. The Hall–Kier alpha value is -1.86. The minimum atomic E-state index is -0.911. The quantitative estimate of drug-likeness (QED) is 0.444. The molecule has 0 amide bonds. The van der Waals surface area contributed by atoms with Gasteiger partial charge in [-0.3, -0.25) is 0 Å². The lowest BCUT2D eigenvalue weighted by Crippen LogP contribution is -2.28. The summed E-state index contributed by atoms with van der Waals surface area (Å²) in [6.45, 7) is 10.6. The lowest BCUT2D eigenvalue weighted by molar-refractivity contribution is 0.00569. The second kappa shape index (κ2) is 9.37. The van der Waals surface area contributed by atoms with Crippen molar-refractivity contribution in [3.05, 3.63) is 33.8 Å². The van der Waals surface area contributed by atoms with Gasteiger partial charge in [-0.05, 0) is 58.2 Å². The van der Waals surface area contributed by atoms with Gasteiger partial charge in [0, 0.05) is 12.7 Å². The first-order valence-corrected chi connectivity index (χ1v) is 9.35. The molecular weight excluding hydrogens is 416 g/mol. The summed E-state index contributed by atoms with van der Waals surface area (Å²) < 4.78 is 21.4. The van der Waals surface area contributed by atoms with E-state index in [0.29, 0.717) is 11.1 Å². The zero-order chi connectivity index (χ0) is 20.8. The van der Waals surface area contributed by atoms with E-state index < -0.39 is 23.3 Å². The van der Waals surface area contributed by atoms with E-state index in [4.69, 9.17) is 18.9 Å². The monoisotopic (exact) mass is 442 g/mol. The topological polar surface area (TPSA) is 71.1 Å². The van der Waals surface area contributed by atoms with Crippen molar-refractivity contribution < 1.29 is 28.5 Å². The van der Waals surface area contributed by atoms with Gasteiger partial charge in [0.25, 0.3) is 0 Å². The Balaban J connectivity index is 3.50. The normalized spacial score (nSPS) is 12.1. The molecule has 1 aromatic rings. The maximum absolute atomic E-state index is 12.9. The molecule has 7 heteroatoms. The van der Waals surface area contributed by atoms with Crippen LogP contribution in [-0.2, 0) is 20.8 Å². The van der Waals surface area contributed by atoms with Crippen LogP contribution in [0.2, 0.25) is 0 Å². The number of halogens is 1. The molecule has 0 aliphatic rings. The molecule has 0 saturated carbocycles. The average Bonchev–Trinajstić information content (AvgIpc) is 2.46. The van der Waals surface area contributed by atoms with Crippen molar-refractivity contribution >= 4 is 34.1 Å². The Morgan fingerprint density at radius 1 is 1.04 bits per heavy atom. The molecule has 0 spiro atoms. The Kier molecular flexibility index (Phi) is 8.04. The highest BCUT2D eigenvalue weighted by Crippen LogP contribution is 2.32. The first kappa shape index (κ1) is 23.2. The molecule has 0 bridgehead atoms. The predicted octanol–water partition coefficient (Wildman–Crippen LogP) is 5.47. The highest BCUT2D eigenvalue weighted by atomic mass is 79.9. The van der Waals surface area contributed by atoms with Gasteiger partial charge >= 0.3 is 12.1 Å². The Morgan fingerprint density at radius 3 is 2.11 bits per heavy atom. The van der Waals surface area contributed by atoms with Gasteiger partial charge in [0.15, 0.2) is 5.75 Å². The second-order valence-electron chi connectivity index (χ2n) is 7.81. The van der Waals surface area contributed by atoms with Crippen LogP contribution in [0.1, 0.15) is 63.0 Å². The summed E-state index contributed by atoms with van der Waals surface area (Å²) in [5.74, 6) is -0.554. The van der Waals surface area contributed by atoms with Crippen LogP contribution < -0.4 is 4.74 Å². The largest absolute Gasteiger partial charge is 0.514 e. The second-order valence-corrected chi connectivity index (χ2v) is 8.34. The summed E-state index contributed by atoms with van der Waals surface area (Å²) in [6.07, 6.45) is 0.746. The molecular formula is C20H27BrO6. The van der Waals surface area contributed by atoms with Crippen molar-refractivity contribution in [1.82, 2.24) is 0 Å². The van der Waals surface area contributed by atoms with E-state index in [1.807, 2.05) is 0 Å². The molecule has 0 heterocycles. The number of benzene rings is 1. The molecule has 0 aromatic heterocycles. The van der Waals surface area contributed by atoms with Gasteiger partial charge in [0.05, 0.1) is 6.61 Å². The van der Waals surface area contributed by atoms with E-state index in [9.17, 15) is 9.59 Å². The van der Waals surface area contributed by atoms with Crippen LogP contribution in [-0.4, -0.2) is 30.4 Å². The van der Waals surface area contributed by atoms with E-state index in [1.54, 1.807) is 64.7 Å². The van der Waals surface area contributed by atoms with Gasteiger partial charge in [0.2, 0.25) is 0 Å². The Labute approximate surface area is 168 Å². The van der Waals surface area contributed by atoms with Crippen LogP contribution in [0.4, 0.5) is 4.79 Å². The third kappa shape index (κ3) is 7.72. The summed E-state index contributed by atoms with van der Waals surface area (Å²) >= 11 is 3.20. The summed E-state index contributed by atoms with van der Waals surface area (Å²) in [5, 5.41) is 0. The molecule has 0 N–H and O–H groups in total. The van der Waals surface area contributed by atoms with Crippen LogP contribution >= 0.6 is 15.9 Å². The van der Waals surface area contributed by atoms with E-state index in [2.05, 4.69) is 15.9 Å². The van der Waals surface area contributed by atoms with E-state index in [-0.39, 0.29) is 17.9 Å². The van der Waals surface area contributed by atoms with Crippen LogP contribution in [0.3, 0.4) is 0 Å². The molecule has 0 unspecified atom stereocenters. The number of carbonyl (C=O) groups is 2. The molecule has 0 fully saturated rings. The fourth-order valence-electron chi connectivity index (χ4n) is 2.13. The average molecular weight is 443 g/mol. The molecule has 27 heavy (non-hydrogen) atoms. The maximum Gasteiger partial charge on any atom is 0.514 e. The maximum atomic E-state index is 12.9. The van der Waals surface area contributed by atoms with Gasteiger partial charge in [0.1, 0.15) is 16.8 Å².